The Hall–Kier alpha value is -2.54. The Morgan fingerprint density at radius 2 is 1.79 bits per heavy atom. The van der Waals surface area contributed by atoms with Crippen LogP contribution in [0.5, 0.6) is 0 Å². The maximum Gasteiger partial charge on any atom is 0.259 e. The van der Waals surface area contributed by atoms with Crippen molar-refractivity contribution in [1.29, 1.82) is 0 Å². The number of hydrogen-bond donors (Lipinski definition) is 2. The van der Waals surface area contributed by atoms with Crippen LogP contribution in [0.1, 0.15) is 22.8 Å². The van der Waals surface area contributed by atoms with Gasteiger partial charge in [0.2, 0.25) is 0 Å². The molecule has 0 saturated heterocycles. The molecule has 0 heterocycles. The van der Waals surface area contributed by atoms with Crippen molar-refractivity contribution in [2.24, 2.45) is 5.10 Å². The molecule has 2 rings (SSSR count). The number of nitrogens with zero attached hydrogens (tertiary/aromatic N) is 1. The minimum Gasteiger partial charge on any atom is -0.343 e. The van der Waals surface area contributed by atoms with E-state index in [2.05, 4.69) is 31.8 Å². The molecule has 0 aliphatic heterocycles. The molecule has 124 valence electrons. The van der Waals surface area contributed by atoms with E-state index in [1.165, 1.54) is 12.1 Å². The second-order valence-corrected chi connectivity index (χ2v) is 5.76. The lowest BCUT2D eigenvalue weighted by Crippen LogP contribution is -2.35. The van der Waals surface area contributed by atoms with E-state index in [1.807, 2.05) is 0 Å². The van der Waals surface area contributed by atoms with Gasteiger partial charge in [0, 0.05) is 4.47 Å². The normalized spacial score (nSPS) is 11.0. The van der Waals surface area contributed by atoms with Crippen molar-refractivity contribution in [3.63, 3.8) is 0 Å². The average Bonchev–Trinajstić information content (AvgIpc) is 2.58. The van der Waals surface area contributed by atoms with Crippen molar-refractivity contribution in [2.75, 3.05) is 6.54 Å². The molecule has 0 aliphatic rings. The fourth-order valence-corrected chi connectivity index (χ4v) is 2.31. The van der Waals surface area contributed by atoms with Crippen LogP contribution in [0.15, 0.2) is 58.1 Å². The minimum absolute atomic E-state index is 0.208. The van der Waals surface area contributed by atoms with Crippen molar-refractivity contribution >= 4 is 33.5 Å². The fourth-order valence-electron chi connectivity index (χ4n) is 1.84. The summed E-state index contributed by atoms with van der Waals surface area (Å²) in [4.78, 5) is 23.7. The molecule has 0 radical (unpaired) electrons. The van der Waals surface area contributed by atoms with Gasteiger partial charge in [-0.25, -0.2) is 9.82 Å². The smallest absolute Gasteiger partial charge is 0.259 e. The summed E-state index contributed by atoms with van der Waals surface area (Å²) in [5.74, 6) is -1.17. The number of hydrogen-bond acceptors (Lipinski definition) is 3. The van der Waals surface area contributed by atoms with Gasteiger partial charge in [0.05, 0.1) is 17.8 Å². The third-order valence-corrected chi connectivity index (χ3v) is 3.83. The van der Waals surface area contributed by atoms with E-state index in [1.54, 1.807) is 43.3 Å². The van der Waals surface area contributed by atoms with Crippen LogP contribution in [0, 0.1) is 5.82 Å². The van der Waals surface area contributed by atoms with Crippen LogP contribution in [0.25, 0.3) is 0 Å². The van der Waals surface area contributed by atoms with Gasteiger partial charge < -0.3 is 5.32 Å². The SMILES string of the molecule is CC(=NNC(=O)CNC(=O)c1ccccc1Br)c1ccc(F)cc1. The summed E-state index contributed by atoms with van der Waals surface area (Å²) in [6.07, 6.45) is 0. The zero-order valence-electron chi connectivity index (χ0n) is 12.8. The Balaban J connectivity index is 1.87. The molecule has 0 atom stereocenters. The number of carbonyl (C=O) groups is 2. The summed E-state index contributed by atoms with van der Waals surface area (Å²) >= 11 is 3.27. The zero-order chi connectivity index (χ0) is 17.5. The first-order valence-corrected chi connectivity index (χ1v) is 7.88. The van der Waals surface area contributed by atoms with Crippen LogP contribution < -0.4 is 10.7 Å². The summed E-state index contributed by atoms with van der Waals surface area (Å²) in [7, 11) is 0. The number of rotatable bonds is 5. The molecule has 5 nitrogen and oxygen atoms in total. The molecule has 0 aliphatic carbocycles. The molecule has 24 heavy (non-hydrogen) atoms. The van der Waals surface area contributed by atoms with Gasteiger partial charge in [-0.05, 0) is 52.7 Å². The highest BCUT2D eigenvalue weighted by molar-refractivity contribution is 9.10. The first-order valence-electron chi connectivity index (χ1n) is 7.09. The van der Waals surface area contributed by atoms with Crippen molar-refractivity contribution in [3.8, 4) is 0 Å². The summed E-state index contributed by atoms with van der Waals surface area (Å²) in [5, 5.41) is 6.44. The highest BCUT2D eigenvalue weighted by Crippen LogP contribution is 2.15. The molecule has 2 aromatic rings. The predicted molar refractivity (Wildman–Crippen MR) is 93.2 cm³/mol. The Bertz CT molecular complexity index is 776. The molecular weight excluding hydrogens is 377 g/mol. The number of nitrogens with one attached hydrogen (secondary N) is 2. The third-order valence-electron chi connectivity index (χ3n) is 3.14. The maximum atomic E-state index is 12.9. The number of halogens is 2. The molecular formula is C17H15BrFN3O2. The quantitative estimate of drug-likeness (QED) is 0.607. The van der Waals surface area contributed by atoms with Crippen LogP contribution in [0.3, 0.4) is 0 Å². The van der Waals surface area contributed by atoms with E-state index in [4.69, 9.17) is 0 Å². The van der Waals surface area contributed by atoms with Crippen LogP contribution in [-0.4, -0.2) is 24.1 Å². The third kappa shape index (κ3) is 4.99. The van der Waals surface area contributed by atoms with Crippen molar-refractivity contribution in [3.05, 3.63) is 69.9 Å². The fraction of sp³-hybridized carbons (Fsp3) is 0.118. The highest BCUT2D eigenvalue weighted by atomic mass is 79.9. The van der Waals surface area contributed by atoms with Crippen LogP contribution in [0.4, 0.5) is 4.39 Å². The van der Waals surface area contributed by atoms with Gasteiger partial charge in [0.25, 0.3) is 11.8 Å². The number of amides is 2. The monoisotopic (exact) mass is 391 g/mol. The number of benzene rings is 2. The number of carbonyl (C=O) groups excluding carboxylic acids is 2. The van der Waals surface area contributed by atoms with Crippen LogP contribution >= 0.6 is 15.9 Å². The first-order chi connectivity index (χ1) is 11.5. The minimum atomic E-state index is -0.461. The van der Waals surface area contributed by atoms with Gasteiger partial charge in [0.15, 0.2) is 0 Å². The Kier molecular flexibility index (Phi) is 6.20. The van der Waals surface area contributed by atoms with E-state index in [9.17, 15) is 14.0 Å². The molecule has 2 N–H and O–H groups in total. The summed E-state index contributed by atoms with van der Waals surface area (Å²) in [5.41, 5.74) is 4.00. The maximum absolute atomic E-state index is 12.9. The average molecular weight is 392 g/mol. The standard InChI is InChI=1S/C17H15BrFN3O2/c1-11(12-6-8-13(19)9-7-12)21-22-16(23)10-20-17(24)14-4-2-3-5-15(14)18/h2-9H,10H2,1H3,(H,20,24)(H,22,23). The second kappa shape index (κ2) is 8.35. The first kappa shape index (κ1) is 17.8. The van der Waals surface area contributed by atoms with Gasteiger partial charge in [-0.3, -0.25) is 9.59 Å². The number of hydrazone groups is 1. The van der Waals surface area contributed by atoms with E-state index in [0.717, 1.165) is 0 Å². The lowest BCUT2D eigenvalue weighted by Gasteiger charge is -2.06. The predicted octanol–water partition coefficient (Wildman–Crippen LogP) is 2.86. The van der Waals surface area contributed by atoms with Gasteiger partial charge in [-0.2, -0.15) is 5.10 Å². The van der Waals surface area contributed by atoms with E-state index >= 15 is 0 Å². The van der Waals surface area contributed by atoms with Crippen molar-refractivity contribution in [1.82, 2.24) is 10.7 Å². The molecule has 0 saturated carbocycles. The molecule has 2 amide bonds. The Morgan fingerprint density at radius 1 is 1.12 bits per heavy atom. The van der Waals surface area contributed by atoms with Gasteiger partial charge in [0.1, 0.15) is 5.82 Å². The summed E-state index contributed by atoms with van der Waals surface area (Å²) < 4.78 is 13.5. The summed E-state index contributed by atoms with van der Waals surface area (Å²) in [6.45, 7) is 1.48. The topological polar surface area (TPSA) is 70.6 Å². The second-order valence-electron chi connectivity index (χ2n) is 4.90. The highest BCUT2D eigenvalue weighted by Gasteiger charge is 2.10. The molecule has 7 heteroatoms. The van der Waals surface area contributed by atoms with E-state index < -0.39 is 5.91 Å². The molecule has 0 fully saturated rings. The molecule has 2 aromatic carbocycles. The van der Waals surface area contributed by atoms with E-state index in [-0.39, 0.29) is 18.3 Å². The van der Waals surface area contributed by atoms with Crippen molar-refractivity contribution < 1.29 is 14.0 Å². The van der Waals surface area contributed by atoms with Crippen LogP contribution in [0.2, 0.25) is 0 Å². The van der Waals surface area contributed by atoms with Gasteiger partial charge in [-0.15, -0.1) is 0 Å². The Morgan fingerprint density at radius 3 is 2.46 bits per heavy atom. The molecule has 0 aromatic heterocycles. The van der Waals surface area contributed by atoms with Crippen molar-refractivity contribution in [2.45, 2.75) is 6.92 Å². The zero-order valence-corrected chi connectivity index (χ0v) is 14.4. The lowest BCUT2D eigenvalue weighted by atomic mass is 10.1. The summed E-state index contributed by atoms with van der Waals surface area (Å²) in [6, 6.07) is 12.7. The lowest BCUT2D eigenvalue weighted by molar-refractivity contribution is -0.120. The van der Waals surface area contributed by atoms with Gasteiger partial charge >= 0.3 is 0 Å². The van der Waals surface area contributed by atoms with E-state index in [0.29, 0.717) is 21.3 Å². The van der Waals surface area contributed by atoms with Gasteiger partial charge in [-0.1, -0.05) is 24.3 Å². The molecule has 0 unspecified atom stereocenters. The molecule has 0 spiro atoms. The molecule has 0 bridgehead atoms. The Labute approximate surface area is 147 Å². The largest absolute Gasteiger partial charge is 0.343 e. The van der Waals surface area contributed by atoms with Crippen LogP contribution in [-0.2, 0) is 4.79 Å².